The van der Waals surface area contributed by atoms with E-state index in [0.29, 0.717) is 16.9 Å². The molecule has 28 heavy (non-hydrogen) atoms. The molecule has 7 heteroatoms. The monoisotopic (exact) mass is 375 g/mol. The van der Waals surface area contributed by atoms with Crippen LogP contribution >= 0.6 is 0 Å². The van der Waals surface area contributed by atoms with Gasteiger partial charge in [0.15, 0.2) is 0 Å². The average molecular weight is 375 g/mol. The first kappa shape index (κ1) is 17.9. The molecule has 4 aromatic rings. The van der Waals surface area contributed by atoms with Gasteiger partial charge < -0.3 is 10.3 Å². The number of para-hydroxylation sites is 4. The van der Waals surface area contributed by atoms with Crippen molar-refractivity contribution in [2.75, 3.05) is 0 Å². The lowest BCUT2D eigenvalue weighted by Crippen LogP contribution is -2.37. The Kier molecular flexibility index (Phi) is 4.65. The van der Waals surface area contributed by atoms with Crippen LogP contribution in [0.15, 0.2) is 59.5 Å². The number of nitrogens with zero attached hydrogens (tertiary/aromatic N) is 3. The van der Waals surface area contributed by atoms with E-state index >= 15 is 0 Å². The molecule has 142 valence electrons. The molecule has 0 saturated heterocycles. The summed E-state index contributed by atoms with van der Waals surface area (Å²) in [5.74, 6) is 0.574. The van der Waals surface area contributed by atoms with Crippen molar-refractivity contribution in [1.82, 2.24) is 24.8 Å². The smallest absolute Gasteiger partial charge is 0.269 e. The van der Waals surface area contributed by atoms with E-state index in [1.54, 1.807) is 6.07 Å². The lowest BCUT2D eigenvalue weighted by atomic mass is 10.0. The summed E-state index contributed by atoms with van der Waals surface area (Å²) in [4.78, 5) is 37.1. The highest BCUT2D eigenvalue weighted by molar-refractivity contribution is 5.80. The Morgan fingerprint density at radius 1 is 1.11 bits per heavy atom. The molecular formula is C21H21N5O2. The summed E-state index contributed by atoms with van der Waals surface area (Å²) in [6.07, 6.45) is 1.24. The lowest BCUT2D eigenvalue weighted by molar-refractivity contribution is -0.122. The van der Waals surface area contributed by atoms with Gasteiger partial charge in [0, 0.05) is 0 Å². The lowest BCUT2D eigenvalue weighted by Gasteiger charge is -2.21. The summed E-state index contributed by atoms with van der Waals surface area (Å²) in [6, 6.07) is 14.7. The van der Waals surface area contributed by atoms with E-state index in [2.05, 4.69) is 20.3 Å². The van der Waals surface area contributed by atoms with Crippen LogP contribution in [0.4, 0.5) is 0 Å². The molecule has 0 aliphatic heterocycles. The third-order valence-electron chi connectivity index (χ3n) is 4.74. The molecule has 7 nitrogen and oxygen atoms in total. The van der Waals surface area contributed by atoms with Crippen molar-refractivity contribution in [2.24, 2.45) is 5.92 Å². The third kappa shape index (κ3) is 3.38. The number of fused-ring (bicyclic) bond motifs is 2. The van der Waals surface area contributed by atoms with E-state index in [1.807, 2.05) is 56.3 Å². The van der Waals surface area contributed by atoms with Crippen molar-refractivity contribution in [2.45, 2.75) is 26.4 Å². The van der Waals surface area contributed by atoms with Gasteiger partial charge >= 0.3 is 0 Å². The van der Waals surface area contributed by atoms with Crippen LogP contribution in [0.1, 0.15) is 25.7 Å². The molecule has 2 aromatic carbocycles. The largest absolute Gasteiger partial charge is 0.344 e. The van der Waals surface area contributed by atoms with Gasteiger partial charge in [0.25, 0.3) is 5.56 Å². The van der Waals surface area contributed by atoms with Crippen LogP contribution in [0.3, 0.4) is 0 Å². The van der Waals surface area contributed by atoms with Gasteiger partial charge in [0.2, 0.25) is 5.91 Å². The zero-order valence-electron chi connectivity index (χ0n) is 15.7. The first-order valence-corrected chi connectivity index (χ1v) is 9.21. The highest BCUT2D eigenvalue weighted by atomic mass is 16.2. The van der Waals surface area contributed by atoms with Crippen molar-refractivity contribution in [3.63, 3.8) is 0 Å². The quantitative estimate of drug-likeness (QED) is 0.561. The van der Waals surface area contributed by atoms with Gasteiger partial charge in [0.1, 0.15) is 12.4 Å². The second-order valence-electron chi connectivity index (χ2n) is 7.10. The number of hydrogen-bond acceptors (Lipinski definition) is 4. The Labute approximate surface area is 161 Å². The van der Waals surface area contributed by atoms with Gasteiger partial charge in [-0.2, -0.15) is 0 Å². The second kappa shape index (κ2) is 7.26. The number of rotatable bonds is 5. The maximum absolute atomic E-state index is 12.8. The van der Waals surface area contributed by atoms with Crippen LogP contribution in [-0.2, 0) is 11.3 Å². The van der Waals surface area contributed by atoms with Gasteiger partial charge in [0.05, 0.1) is 34.3 Å². The molecule has 1 atom stereocenters. The van der Waals surface area contributed by atoms with Crippen molar-refractivity contribution < 1.29 is 4.79 Å². The van der Waals surface area contributed by atoms with Crippen LogP contribution in [0, 0.1) is 5.92 Å². The Morgan fingerprint density at radius 3 is 2.57 bits per heavy atom. The van der Waals surface area contributed by atoms with E-state index < -0.39 is 0 Å². The molecule has 4 rings (SSSR count). The number of H-pyrrole nitrogens is 1. The Hall–Kier alpha value is -3.48. The van der Waals surface area contributed by atoms with Crippen molar-refractivity contribution in [3.05, 3.63) is 70.9 Å². The zero-order valence-corrected chi connectivity index (χ0v) is 15.7. The third-order valence-corrected chi connectivity index (χ3v) is 4.74. The normalized spacial score (nSPS) is 12.5. The van der Waals surface area contributed by atoms with Crippen molar-refractivity contribution in [1.29, 1.82) is 0 Å². The molecule has 2 heterocycles. The highest BCUT2D eigenvalue weighted by Crippen LogP contribution is 2.22. The van der Waals surface area contributed by atoms with Crippen LogP contribution < -0.4 is 10.9 Å². The number of carbonyl (C=O) groups is 1. The van der Waals surface area contributed by atoms with Crippen LogP contribution in [0.25, 0.3) is 22.1 Å². The van der Waals surface area contributed by atoms with Gasteiger partial charge in [-0.05, 0) is 30.2 Å². The predicted molar refractivity (Wildman–Crippen MR) is 108 cm³/mol. The Morgan fingerprint density at radius 2 is 1.82 bits per heavy atom. The minimum absolute atomic E-state index is 0.0781. The molecule has 0 saturated carbocycles. The molecule has 2 N–H and O–H groups in total. The first-order chi connectivity index (χ1) is 13.5. The minimum Gasteiger partial charge on any atom is -0.344 e. The van der Waals surface area contributed by atoms with Gasteiger partial charge in [-0.1, -0.05) is 38.1 Å². The average Bonchev–Trinajstić information content (AvgIpc) is 3.12. The van der Waals surface area contributed by atoms with E-state index in [-0.39, 0.29) is 30.0 Å². The number of benzene rings is 2. The number of hydrogen-bond donors (Lipinski definition) is 2. The Bertz CT molecular complexity index is 1180. The fraction of sp³-hybridized carbons (Fsp3) is 0.238. The fourth-order valence-electron chi connectivity index (χ4n) is 3.31. The topological polar surface area (TPSA) is 92.7 Å². The molecule has 0 spiro atoms. The number of nitrogens with one attached hydrogen (secondary N) is 2. The molecule has 0 bridgehead atoms. The Balaban J connectivity index is 1.61. The molecule has 2 aromatic heterocycles. The number of carbonyl (C=O) groups excluding carboxylic acids is 1. The summed E-state index contributed by atoms with van der Waals surface area (Å²) < 4.78 is 1.44. The van der Waals surface area contributed by atoms with E-state index in [1.165, 1.54) is 10.8 Å². The number of imidazole rings is 1. The highest BCUT2D eigenvalue weighted by Gasteiger charge is 2.22. The molecule has 1 amide bonds. The second-order valence-corrected chi connectivity index (χ2v) is 7.10. The summed E-state index contributed by atoms with van der Waals surface area (Å²) in [5, 5.41) is 3.02. The molecular weight excluding hydrogens is 354 g/mol. The minimum atomic E-state index is -0.307. The maximum atomic E-state index is 12.8. The molecule has 0 aliphatic rings. The van der Waals surface area contributed by atoms with Crippen LogP contribution in [-0.4, -0.2) is 25.4 Å². The molecule has 0 fully saturated rings. The van der Waals surface area contributed by atoms with Gasteiger partial charge in [-0.15, -0.1) is 0 Å². The van der Waals surface area contributed by atoms with Crippen LogP contribution in [0.5, 0.6) is 0 Å². The summed E-state index contributed by atoms with van der Waals surface area (Å²) in [5.41, 5.74) is 2.78. The maximum Gasteiger partial charge on any atom is 0.269 e. The molecule has 0 radical (unpaired) electrons. The van der Waals surface area contributed by atoms with Crippen molar-refractivity contribution in [3.8, 4) is 0 Å². The SMILES string of the molecule is CC(C)[C@@H](NC(=O)Cn1c(=O)cnc2ccccc21)c1nc2ccccc2[nH]1. The summed E-state index contributed by atoms with van der Waals surface area (Å²) >= 11 is 0. The fourth-order valence-corrected chi connectivity index (χ4v) is 3.31. The first-order valence-electron chi connectivity index (χ1n) is 9.21. The summed E-state index contributed by atoms with van der Waals surface area (Å²) in [7, 11) is 0. The zero-order chi connectivity index (χ0) is 19.7. The summed E-state index contributed by atoms with van der Waals surface area (Å²) in [6.45, 7) is 3.96. The molecule has 0 unspecified atom stereocenters. The number of amides is 1. The number of aromatic nitrogens is 4. The number of aromatic amines is 1. The van der Waals surface area contributed by atoms with Crippen LogP contribution in [0.2, 0.25) is 0 Å². The standard InChI is InChI=1S/C21H21N5O2/c1-13(2)20(21-23-14-7-3-4-8-15(14)24-21)25-18(27)12-26-17-10-6-5-9-16(17)22-11-19(26)28/h3-11,13,20H,12H2,1-2H3,(H,23,24)(H,25,27)/t20-/m1/s1. The van der Waals surface area contributed by atoms with E-state index in [4.69, 9.17) is 0 Å². The van der Waals surface area contributed by atoms with E-state index in [9.17, 15) is 9.59 Å². The predicted octanol–water partition coefficient (Wildman–Crippen LogP) is 2.79. The van der Waals surface area contributed by atoms with Gasteiger partial charge in [-0.3, -0.25) is 14.2 Å². The van der Waals surface area contributed by atoms with Crippen molar-refractivity contribution >= 4 is 28.0 Å². The van der Waals surface area contributed by atoms with E-state index in [0.717, 1.165) is 11.0 Å². The molecule has 0 aliphatic carbocycles. The van der Waals surface area contributed by atoms with Gasteiger partial charge in [-0.25, -0.2) is 9.97 Å².